The fourth-order valence-electron chi connectivity index (χ4n) is 2.54. The van der Waals surface area contributed by atoms with E-state index < -0.39 is 0 Å². The molecule has 1 heterocycles. The SMILES string of the molecule is CC(C)CCC(C)N1CC(=O)NC(C2CC2)C1=O. The molecular weight excluding hydrogens is 228 g/mol. The van der Waals surface area contributed by atoms with E-state index in [1.54, 1.807) is 4.90 Å². The molecule has 18 heavy (non-hydrogen) atoms. The van der Waals surface area contributed by atoms with Crippen LogP contribution in [0.15, 0.2) is 0 Å². The monoisotopic (exact) mass is 252 g/mol. The Bertz CT molecular complexity index is 337. The predicted molar refractivity (Wildman–Crippen MR) is 69.9 cm³/mol. The van der Waals surface area contributed by atoms with Crippen LogP contribution in [0.5, 0.6) is 0 Å². The number of amides is 2. The van der Waals surface area contributed by atoms with Crippen molar-refractivity contribution in [1.82, 2.24) is 10.2 Å². The van der Waals surface area contributed by atoms with Gasteiger partial charge in [0.05, 0.1) is 6.54 Å². The molecule has 102 valence electrons. The number of nitrogens with one attached hydrogen (secondary N) is 1. The molecular formula is C14H24N2O2. The normalized spacial score (nSPS) is 26.4. The van der Waals surface area contributed by atoms with Gasteiger partial charge in [0.25, 0.3) is 0 Å². The summed E-state index contributed by atoms with van der Waals surface area (Å²) in [5.41, 5.74) is 0. The third kappa shape index (κ3) is 3.03. The first-order valence-electron chi connectivity index (χ1n) is 7.09. The zero-order valence-corrected chi connectivity index (χ0v) is 11.6. The summed E-state index contributed by atoms with van der Waals surface area (Å²) in [5.74, 6) is 1.16. The fourth-order valence-corrected chi connectivity index (χ4v) is 2.54. The van der Waals surface area contributed by atoms with Crippen molar-refractivity contribution in [3.63, 3.8) is 0 Å². The highest BCUT2D eigenvalue weighted by atomic mass is 16.2. The van der Waals surface area contributed by atoms with Gasteiger partial charge in [0.1, 0.15) is 6.04 Å². The molecule has 2 aliphatic rings. The maximum Gasteiger partial charge on any atom is 0.246 e. The number of rotatable bonds is 5. The van der Waals surface area contributed by atoms with E-state index in [4.69, 9.17) is 0 Å². The molecule has 2 unspecified atom stereocenters. The van der Waals surface area contributed by atoms with E-state index in [0.29, 0.717) is 11.8 Å². The van der Waals surface area contributed by atoms with E-state index >= 15 is 0 Å². The lowest BCUT2D eigenvalue weighted by molar-refractivity contribution is -0.147. The van der Waals surface area contributed by atoms with Gasteiger partial charge in [-0.1, -0.05) is 13.8 Å². The van der Waals surface area contributed by atoms with Gasteiger partial charge in [0.2, 0.25) is 11.8 Å². The summed E-state index contributed by atoms with van der Waals surface area (Å²) in [4.78, 5) is 25.8. The Balaban J connectivity index is 1.96. The van der Waals surface area contributed by atoms with Crippen molar-refractivity contribution < 1.29 is 9.59 Å². The molecule has 2 atom stereocenters. The molecule has 0 radical (unpaired) electrons. The van der Waals surface area contributed by atoms with Crippen LogP contribution in [0.2, 0.25) is 0 Å². The van der Waals surface area contributed by atoms with E-state index in [1.807, 2.05) is 0 Å². The van der Waals surface area contributed by atoms with Crippen LogP contribution in [0, 0.1) is 11.8 Å². The van der Waals surface area contributed by atoms with Gasteiger partial charge in [-0.2, -0.15) is 0 Å². The molecule has 1 N–H and O–H groups in total. The highest BCUT2D eigenvalue weighted by Gasteiger charge is 2.43. The van der Waals surface area contributed by atoms with Crippen LogP contribution in [0.25, 0.3) is 0 Å². The summed E-state index contributed by atoms with van der Waals surface area (Å²) in [7, 11) is 0. The molecule has 0 aromatic rings. The molecule has 2 rings (SSSR count). The molecule has 4 heteroatoms. The van der Waals surface area contributed by atoms with Gasteiger partial charge >= 0.3 is 0 Å². The molecule has 0 aromatic heterocycles. The van der Waals surface area contributed by atoms with Crippen LogP contribution in [0.4, 0.5) is 0 Å². The Kier molecular flexibility index (Phi) is 3.93. The maximum absolute atomic E-state index is 12.3. The molecule has 2 fully saturated rings. The third-order valence-corrected chi connectivity index (χ3v) is 3.97. The first-order chi connectivity index (χ1) is 8.49. The minimum Gasteiger partial charge on any atom is -0.342 e. The van der Waals surface area contributed by atoms with Crippen LogP contribution in [-0.2, 0) is 9.59 Å². The lowest BCUT2D eigenvalue weighted by atomic mass is 10.0. The van der Waals surface area contributed by atoms with Gasteiger partial charge in [-0.05, 0) is 44.4 Å². The van der Waals surface area contributed by atoms with E-state index in [0.717, 1.165) is 25.7 Å². The standard InChI is InChI=1S/C14H24N2O2/c1-9(2)4-5-10(3)16-8-12(17)15-13(14(16)18)11-6-7-11/h9-11,13H,4-8H2,1-3H3,(H,15,17). The fraction of sp³-hybridized carbons (Fsp3) is 0.857. The Morgan fingerprint density at radius 1 is 1.22 bits per heavy atom. The second-order valence-electron chi connectivity index (χ2n) is 6.17. The molecule has 1 saturated heterocycles. The summed E-state index contributed by atoms with van der Waals surface area (Å²) in [5, 5.41) is 2.85. The van der Waals surface area contributed by atoms with Crippen LogP contribution >= 0.6 is 0 Å². The second-order valence-corrected chi connectivity index (χ2v) is 6.17. The molecule has 1 saturated carbocycles. The molecule has 1 aliphatic heterocycles. The van der Waals surface area contributed by atoms with E-state index in [1.165, 1.54) is 0 Å². The van der Waals surface area contributed by atoms with Crippen LogP contribution in [-0.4, -0.2) is 35.3 Å². The largest absolute Gasteiger partial charge is 0.342 e. The summed E-state index contributed by atoms with van der Waals surface area (Å²) >= 11 is 0. The zero-order chi connectivity index (χ0) is 13.3. The zero-order valence-electron chi connectivity index (χ0n) is 11.6. The van der Waals surface area contributed by atoms with Crippen LogP contribution in [0.1, 0.15) is 46.5 Å². The summed E-state index contributed by atoms with van der Waals surface area (Å²) in [6, 6.07) is -0.0695. The number of piperazine rings is 1. The second kappa shape index (κ2) is 5.29. The van der Waals surface area contributed by atoms with Crippen LogP contribution < -0.4 is 5.32 Å². The number of hydrogen-bond acceptors (Lipinski definition) is 2. The summed E-state index contributed by atoms with van der Waals surface area (Å²) in [6.45, 7) is 6.67. The highest BCUT2D eigenvalue weighted by molar-refractivity contribution is 5.95. The number of carbonyl (C=O) groups excluding carboxylic acids is 2. The predicted octanol–water partition coefficient (Wildman–Crippen LogP) is 1.55. The highest BCUT2D eigenvalue weighted by Crippen LogP contribution is 2.34. The molecule has 4 nitrogen and oxygen atoms in total. The van der Waals surface area contributed by atoms with E-state index in [9.17, 15) is 9.59 Å². The van der Waals surface area contributed by atoms with E-state index in [2.05, 4.69) is 26.1 Å². The van der Waals surface area contributed by atoms with E-state index in [-0.39, 0.29) is 30.4 Å². The van der Waals surface area contributed by atoms with Crippen molar-refractivity contribution in [2.45, 2.75) is 58.5 Å². The number of nitrogens with zero attached hydrogens (tertiary/aromatic N) is 1. The Morgan fingerprint density at radius 3 is 2.44 bits per heavy atom. The molecule has 1 aliphatic carbocycles. The first-order valence-corrected chi connectivity index (χ1v) is 7.09. The minimum atomic E-state index is -0.243. The average molecular weight is 252 g/mol. The van der Waals surface area contributed by atoms with Gasteiger partial charge in [-0.3, -0.25) is 9.59 Å². The lowest BCUT2D eigenvalue weighted by Crippen LogP contribution is -2.60. The summed E-state index contributed by atoms with van der Waals surface area (Å²) < 4.78 is 0. The Hall–Kier alpha value is -1.06. The van der Waals surface area contributed by atoms with Gasteiger partial charge in [-0.15, -0.1) is 0 Å². The van der Waals surface area contributed by atoms with Crippen molar-refractivity contribution in [2.75, 3.05) is 6.54 Å². The minimum absolute atomic E-state index is 0.00268. The smallest absolute Gasteiger partial charge is 0.246 e. The lowest BCUT2D eigenvalue weighted by Gasteiger charge is -2.37. The molecule has 2 amide bonds. The Labute approximate surface area is 109 Å². The van der Waals surface area contributed by atoms with Crippen molar-refractivity contribution in [2.24, 2.45) is 11.8 Å². The van der Waals surface area contributed by atoms with Gasteiger partial charge in [-0.25, -0.2) is 0 Å². The van der Waals surface area contributed by atoms with Crippen molar-refractivity contribution >= 4 is 11.8 Å². The summed E-state index contributed by atoms with van der Waals surface area (Å²) in [6.07, 6.45) is 4.23. The first kappa shape index (κ1) is 13.4. The van der Waals surface area contributed by atoms with Crippen LogP contribution in [0.3, 0.4) is 0 Å². The number of hydrogen-bond donors (Lipinski definition) is 1. The topological polar surface area (TPSA) is 49.4 Å². The van der Waals surface area contributed by atoms with Gasteiger partial charge in [0.15, 0.2) is 0 Å². The van der Waals surface area contributed by atoms with Gasteiger partial charge in [0, 0.05) is 6.04 Å². The molecule has 0 spiro atoms. The quantitative estimate of drug-likeness (QED) is 0.807. The van der Waals surface area contributed by atoms with Crippen molar-refractivity contribution in [1.29, 1.82) is 0 Å². The van der Waals surface area contributed by atoms with Crippen molar-refractivity contribution in [3.05, 3.63) is 0 Å². The molecule has 0 bridgehead atoms. The third-order valence-electron chi connectivity index (χ3n) is 3.97. The van der Waals surface area contributed by atoms with Gasteiger partial charge < -0.3 is 10.2 Å². The average Bonchev–Trinajstić information content (AvgIpc) is 3.12. The Morgan fingerprint density at radius 2 is 1.89 bits per heavy atom. The number of carbonyl (C=O) groups is 2. The maximum atomic E-state index is 12.3. The molecule has 0 aromatic carbocycles. The van der Waals surface area contributed by atoms with Crippen molar-refractivity contribution in [3.8, 4) is 0 Å².